The van der Waals surface area contributed by atoms with Gasteiger partial charge in [0.1, 0.15) is 5.69 Å². The first-order valence-corrected chi connectivity index (χ1v) is 10.9. The summed E-state index contributed by atoms with van der Waals surface area (Å²) in [6.45, 7) is 14.6. The molecule has 23 heavy (non-hydrogen) atoms. The zero-order valence-corrected chi connectivity index (χ0v) is 16.4. The molecule has 0 spiro atoms. The molecule has 0 N–H and O–H groups in total. The van der Waals surface area contributed by atoms with E-state index in [-0.39, 0.29) is 11.0 Å². The molecule has 0 unspecified atom stereocenters. The Kier molecular flexibility index (Phi) is 6.97. The van der Waals surface area contributed by atoms with E-state index in [1.165, 1.54) is 0 Å². The molecule has 0 atom stereocenters. The summed E-state index contributed by atoms with van der Waals surface area (Å²) >= 11 is 0. The van der Waals surface area contributed by atoms with Gasteiger partial charge in [-0.3, -0.25) is 4.68 Å². The maximum atomic E-state index is 12.0. The van der Waals surface area contributed by atoms with Crippen LogP contribution in [0.2, 0.25) is 18.1 Å². The number of rotatable bonds is 8. The minimum absolute atomic E-state index is 0.155. The van der Waals surface area contributed by atoms with Gasteiger partial charge in [0.25, 0.3) is 0 Å². The zero-order valence-electron chi connectivity index (χ0n) is 15.4. The Morgan fingerprint density at radius 1 is 1.35 bits per heavy atom. The molecule has 7 heteroatoms. The van der Waals surface area contributed by atoms with Crippen molar-refractivity contribution in [3.8, 4) is 0 Å². The lowest BCUT2D eigenvalue weighted by molar-refractivity contribution is 0.0510. The summed E-state index contributed by atoms with van der Waals surface area (Å²) in [5.41, 5.74) is 1.15. The van der Waals surface area contributed by atoms with E-state index in [1.54, 1.807) is 24.8 Å². The summed E-state index contributed by atoms with van der Waals surface area (Å²) in [7, 11) is -0.208. The molecule has 0 radical (unpaired) electrons. The second-order valence-electron chi connectivity index (χ2n) is 7.01. The first-order valence-electron chi connectivity index (χ1n) is 7.99. The molecule has 0 aliphatic heterocycles. The van der Waals surface area contributed by atoms with Gasteiger partial charge in [0, 0.05) is 7.11 Å². The van der Waals surface area contributed by atoms with Gasteiger partial charge in [0.2, 0.25) is 0 Å². The predicted octanol–water partition coefficient (Wildman–Crippen LogP) is 3.23. The van der Waals surface area contributed by atoms with Crippen LogP contribution in [-0.2, 0) is 27.1 Å². The lowest BCUT2D eigenvalue weighted by Gasteiger charge is -2.36. The molecule has 0 aromatic carbocycles. The Morgan fingerprint density at radius 3 is 2.52 bits per heavy atom. The Morgan fingerprint density at radius 2 is 2.00 bits per heavy atom. The van der Waals surface area contributed by atoms with Crippen LogP contribution < -0.4 is 0 Å². The maximum absolute atomic E-state index is 12.0. The molecule has 0 aliphatic carbocycles. The quantitative estimate of drug-likeness (QED) is 0.536. The smallest absolute Gasteiger partial charge is 0.356 e. The standard InChI is InChI=1S/C16H30N2O4Si/c1-8-21-15(19)14-11-13(12-20-5)17-18(14)9-10-22-23(6,7)16(2,3)4/h11H,8-10,12H2,1-7H3. The Hall–Kier alpha value is -1.18. The molecular weight excluding hydrogens is 312 g/mol. The molecule has 1 aromatic heterocycles. The fourth-order valence-electron chi connectivity index (χ4n) is 1.83. The van der Waals surface area contributed by atoms with E-state index < -0.39 is 8.32 Å². The van der Waals surface area contributed by atoms with Crippen molar-refractivity contribution >= 4 is 14.3 Å². The SMILES string of the molecule is CCOC(=O)c1cc(COC)nn1CCO[Si](C)(C)C(C)(C)C. The van der Waals surface area contributed by atoms with Gasteiger partial charge in [-0.05, 0) is 31.1 Å². The number of nitrogens with zero attached hydrogens (tertiary/aromatic N) is 2. The van der Waals surface area contributed by atoms with Crippen molar-refractivity contribution in [3.05, 3.63) is 17.5 Å². The Balaban J connectivity index is 2.80. The average Bonchev–Trinajstić information content (AvgIpc) is 2.81. The number of carbonyl (C=O) groups is 1. The minimum atomic E-state index is -1.81. The molecule has 1 rings (SSSR count). The molecular formula is C16H30N2O4Si. The fourth-order valence-corrected chi connectivity index (χ4v) is 2.87. The van der Waals surface area contributed by atoms with Gasteiger partial charge in [-0.25, -0.2) is 4.79 Å². The van der Waals surface area contributed by atoms with Crippen molar-refractivity contribution < 1.29 is 18.7 Å². The Bertz CT molecular complexity index is 521. The Labute approximate surface area is 140 Å². The van der Waals surface area contributed by atoms with E-state index in [1.807, 2.05) is 0 Å². The lowest BCUT2D eigenvalue weighted by Crippen LogP contribution is -2.41. The molecule has 1 aromatic rings. The van der Waals surface area contributed by atoms with E-state index in [0.717, 1.165) is 0 Å². The number of methoxy groups -OCH3 is 1. The van der Waals surface area contributed by atoms with E-state index in [4.69, 9.17) is 13.9 Å². The van der Waals surface area contributed by atoms with E-state index in [9.17, 15) is 4.79 Å². The number of carbonyl (C=O) groups excluding carboxylic acids is 1. The van der Waals surface area contributed by atoms with Crippen molar-refractivity contribution in [1.29, 1.82) is 0 Å². The summed E-state index contributed by atoms with van der Waals surface area (Å²) in [4.78, 5) is 12.0. The molecule has 0 aliphatic rings. The minimum Gasteiger partial charge on any atom is -0.461 e. The molecule has 0 saturated carbocycles. The van der Waals surface area contributed by atoms with E-state index in [0.29, 0.717) is 37.8 Å². The van der Waals surface area contributed by atoms with Gasteiger partial charge >= 0.3 is 5.97 Å². The van der Waals surface area contributed by atoms with Crippen LogP contribution in [0.4, 0.5) is 0 Å². The number of hydrogen-bond donors (Lipinski definition) is 0. The van der Waals surface area contributed by atoms with Gasteiger partial charge in [0.15, 0.2) is 8.32 Å². The van der Waals surface area contributed by atoms with Crippen molar-refractivity contribution in [1.82, 2.24) is 9.78 Å². The van der Waals surface area contributed by atoms with Crippen LogP contribution in [0.3, 0.4) is 0 Å². The van der Waals surface area contributed by atoms with Crippen LogP contribution in [-0.4, -0.2) is 44.4 Å². The molecule has 0 saturated heterocycles. The normalized spacial score (nSPS) is 12.5. The molecule has 132 valence electrons. The van der Waals surface area contributed by atoms with Crippen molar-refractivity contribution in [2.24, 2.45) is 0 Å². The summed E-state index contributed by atoms with van der Waals surface area (Å²) in [6.07, 6.45) is 0. The summed E-state index contributed by atoms with van der Waals surface area (Å²) in [5, 5.41) is 4.57. The largest absolute Gasteiger partial charge is 0.461 e. The van der Waals surface area contributed by atoms with Crippen molar-refractivity contribution in [3.63, 3.8) is 0 Å². The highest BCUT2D eigenvalue weighted by Gasteiger charge is 2.37. The third-order valence-corrected chi connectivity index (χ3v) is 8.72. The van der Waals surface area contributed by atoms with Crippen LogP contribution >= 0.6 is 0 Å². The maximum Gasteiger partial charge on any atom is 0.356 e. The lowest BCUT2D eigenvalue weighted by atomic mass is 10.2. The summed E-state index contributed by atoms with van der Waals surface area (Å²) < 4.78 is 18.0. The van der Waals surface area contributed by atoms with Crippen molar-refractivity contribution in [2.45, 2.75) is 59.0 Å². The number of aromatic nitrogens is 2. The molecule has 0 fully saturated rings. The number of ether oxygens (including phenoxy) is 2. The topological polar surface area (TPSA) is 62.6 Å². The monoisotopic (exact) mass is 342 g/mol. The average molecular weight is 343 g/mol. The molecule has 0 bridgehead atoms. The second kappa shape index (κ2) is 8.08. The molecule has 1 heterocycles. The van der Waals surface area contributed by atoms with Crippen LogP contribution in [0.25, 0.3) is 0 Å². The second-order valence-corrected chi connectivity index (χ2v) is 11.8. The summed E-state index contributed by atoms with van der Waals surface area (Å²) in [6, 6.07) is 1.72. The number of hydrogen-bond acceptors (Lipinski definition) is 5. The van der Waals surface area contributed by atoms with Crippen LogP contribution in [0.1, 0.15) is 43.9 Å². The van der Waals surface area contributed by atoms with Crippen LogP contribution in [0.15, 0.2) is 6.07 Å². The van der Waals surface area contributed by atoms with Gasteiger partial charge < -0.3 is 13.9 Å². The fraction of sp³-hybridized carbons (Fsp3) is 0.750. The first-order chi connectivity index (χ1) is 10.6. The van der Waals surface area contributed by atoms with Crippen LogP contribution in [0.5, 0.6) is 0 Å². The van der Waals surface area contributed by atoms with Gasteiger partial charge in [-0.15, -0.1) is 0 Å². The third-order valence-electron chi connectivity index (χ3n) is 4.18. The van der Waals surface area contributed by atoms with Gasteiger partial charge in [-0.1, -0.05) is 20.8 Å². The van der Waals surface area contributed by atoms with E-state index >= 15 is 0 Å². The predicted molar refractivity (Wildman–Crippen MR) is 92.0 cm³/mol. The summed E-state index contributed by atoms with van der Waals surface area (Å²) in [5.74, 6) is -0.366. The first kappa shape index (κ1) is 19.9. The van der Waals surface area contributed by atoms with Crippen LogP contribution in [0, 0.1) is 0 Å². The van der Waals surface area contributed by atoms with Gasteiger partial charge in [0.05, 0.1) is 32.1 Å². The third kappa shape index (κ3) is 5.44. The number of esters is 1. The molecule has 0 amide bonds. The van der Waals surface area contributed by atoms with Gasteiger partial charge in [-0.2, -0.15) is 5.10 Å². The van der Waals surface area contributed by atoms with Crippen molar-refractivity contribution in [2.75, 3.05) is 20.3 Å². The zero-order chi connectivity index (χ0) is 17.7. The highest BCUT2D eigenvalue weighted by atomic mass is 28.4. The highest BCUT2D eigenvalue weighted by Crippen LogP contribution is 2.36. The molecule has 6 nitrogen and oxygen atoms in total. The highest BCUT2D eigenvalue weighted by molar-refractivity contribution is 6.74. The van der Waals surface area contributed by atoms with E-state index in [2.05, 4.69) is 39.0 Å².